The third-order valence-corrected chi connectivity index (χ3v) is 7.11. The molecule has 0 radical (unpaired) electrons. The molecule has 4 rings (SSSR count). The lowest BCUT2D eigenvalue weighted by Crippen LogP contribution is -2.35. The van der Waals surface area contributed by atoms with E-state index in [1.54, 1.807) is 36.4 Å². The number of aryl methyl sites for hydroxylation is 1. The highest BCUT2D eigenvalue weighted by atomic mass is 16.5. The van der Waals surface area contributed by atoms with Gasteiger partial charge in [0.15, 0.2) is 11.5 Å². The summed E-state index contributed by atoms with van der Waals surface area (Å²) in [5.74, 6) is -0.00164. The second-order valence-corrected chi connectivity index (χ2v) is 9.99. The number of methoxy groups -OCH3 is 3. The first kappa shape index (κ1) is 29.5. The Kier molecular flexibility index (Phi) is 9.19. The fourth-order valence-corrected chi connectivity index (χ4v) is 4.82. The van der Waals surface area contributed by atoms with E-state index in [2.05, 4.69) is 0 Å². The Labute approximate surface area is 240 Å². The largest absolute Gasteiger partial charge is 0.507 e. The molecule has 3 aromatic rings. The topological polar surface area (TPSA) is 97.8 Å². The van der Waals surface area contributed by atoms with Crippen LogP contribution in [0, 0.1) is 6.92 Å². The molecule has 1 atom stereocenters. The highest BCUT2D eigenvalue weighted by Crippen LogP contribution is 2.45. The third-order valence-electron chi connectivity index (χ3n) is 7.11. The molecule has 1 amide bonds. The number of hydrogen-bond donors (Lipinski definition) is 1. The molecule has 1 saturated heterocycles. The van der Waals surface area contributed by atoms with Gasteiger partial charge in [0.05, 0.1) is 32.9 Å². The molecule has 3 aromatic carbocycles. The van der Waals surface area contributed by atoms with E-state index in [1.165, 1.54) is 26.2 Å². The van der Waals surface area contributed by atoms with Gasteiger partial charge in [0.25, 0.3) is 11.7 Å². The van der Waals surface area contributed by atoms with E-state index in [0.29, 0.717) is 47.3 Å². The summed E-state index contributed by atoms with van der Waals surface area (Å²) >= 11 is 0. The molecule has 0 aromatic heterocycles. The first-order valence-electron chi connectivity index (χ1n) is 13.2. The minimum atomic E-state index is -0.874. The molecule has 0 bridgehead atoms. The summed E-state index contributed by atoms with van der Waals surface area (Å²) in [7, 11) is 8.25. The van der Waals surface area contributed by atoms with Gasteiger partial charge in [0.1, 0.15) is 18.1 Å². The Morgan fingerprint density at radius 3 is 2.12 bits per heavy atom. The van der Waals surface area contributed by atoms with Gasteiger partial charge in [-0.2, -0.15) is 0 Å². The quantitative estimate of drug-likeness (QED) is 0.207. The van der Waals surface area contributed by atoms with Gasteiger partial charge in [-0.1, -0.05) is 24.3 Å². The van der Waals surface area contributed by atoms with Crippen LogP contribution in [0.1, 0.15) is 28.3 Å². The van der Waals surface area contributed by atoms with Crippen LogP contribution in [0.3, 0.4) is 0 Å². The number of carbonyl (C=O) groups excluding carboxylic acids is 2. The molecule has 1 N–H and O–H groups in total. The van der Waals surface area contributed by atoms with E-state index < -0.39 is 17.7 Å². The Hall–Kier alpha value is -4.50. The maximum Gasteiger partial charge on any atom is 0.295 e. The lowest BCUT2D eigenvalue weighted by molar-refractivity contribution is -0.140. The Bertz CT molecular complexity index is 1420. The van der Waals surface area contributed by atoms with Crippen molar-refractivity contribution in [1.82, 2.24) is 9.80 Å². The van der Waals surface area contributed by atoms with Gasteiger partial charge < -0.3 is 33.9 Å². The lowest BCUT2D eigenvalue weighted by atomic mass is 9.94. The van der Waals surface area contributed by atoms with Crippen molar-refractivity contribution in [2.45, 2.75) is 19.6 Å². The summed E-state index contributed by atoms with van der Waals surface area (Å²) in [5, 5.41) is 11.5. The maximum atomic E-state index is 13.4. The minimum Gasteiger partial charge on any atom is -0.507 e. The van der Waals surface area contributed by atoms with E-state index >= 15 is 0 Å². The molecule has 1 heterocycles. The van der Waals surface area contributed by atoms with Crippen molar-refractivity contribution in [2.24, 2.45) is 0 Å². The normalized spacial score (nSPS) is 16.3. The lowest BCUT2D eigenvalue weighted by Gasteiger charge is -2.27. The standard InChI is InChI=1S/C32H36N2O7/c1-20-9-7-8-10-22(20)19-41-24-13-11-21(12-14-24)29(35)27-28(34(16-15-33(2)3)32(37)30(27)36)23-17-25(38-4)31(40-6)26(18-23)39-5/h7-14,17-18,28,35H,15-16,19H2,1-6H3/b29-27+/t28-/m0/s1. The molecule has 1 fully saturated rings. The van der Waals surface area contributed by atoms with Crippen LogP contribution >= 0.6 is 0 Å². The van der Waals surface area contributed by atoms with Crippen LogP contribution in [-0.2, 0) is 16.2 Å². The van der Waals surface area contributed by atoms with Crippen LogP contribution in [0.15, 0.2) is 66.2 Å². The molecular formula is C32H36N2O7. The van der Waals surface area contributed by atoms with E-state index in [9.17, 15) is 14.7 Å². The molecule has 0 aliphatic carbocycles. The maximum absolute atomic E-state index is 13.4. The minimum absolute atomic E-state index is 0.0170. The van der Waals surface area contributed by atoms with Crippen LogP contribution in [-0.4, -0.2) is 75.1 Å². The third kappa shape index (κ3) is 6.15. The van der Waals surface area contributed by atoms with Crippen molar-refractivity contribution in [3.8, 4) is 23.0 Å². The number of aliphatic hydroxyl groups is 1. The Morgan fingerprint density at radius 1 is 0.927 bits per heavy atom. The Balaban J connectivity index is 1.74. The molecule has 41 heavy (non-hydrogen) atoms. The highest BCUT2D eigenvalue weighted by Gasteiger charge is 2.46. The van der Waals surface area contributed by atoms with Gasteiger partial charge in [0.2, 0.25) is 5.75 Å². The second kappa shape index (κ2) is 12.8. The molecule has 9 nitrogen and oxygen atoms in total. The number of Topliss-reactive ketones (excluding diaryl/α,β-unsaturated/α-hetero) is 1. The molecule has 0 spiro atoms. The number of ether oxygens (including phenoxy) is 4. The fourth-order valence-electron chi connectivity index (χ4n) is 4.82. The summed E-state index contributed by atoms with van der Waals surface area (Å²) in [5.41, 5.74) is 3.11. The molecule has 1 aliphatic heterocycles. The van der Waals surface area contributed by atoms with Crippen molar-refractivity contribution < 1.29 is 33.6 Å². The van der Waals surface area contributed by atoms with Crippen molar-refractivity contribution >= 4 is 17.4 Å². The zero-order valence-corrected chi connectivity index (χ0v) is 24.3. The van der Waals surface area contributed by atoms with E-state index in [-0.39, 0.29) is 17.9 Å². The van der Waals surface area contributed by atoms with E-state index in [1.807, 2.05) is 50.2 Å². The van der Waals surface area contributed by atoms with Crippen LogP contribution in [0.4, 0.5) is 0 Å². The van der Waals surface area contributed by atoms with Gasteiger partial charge in [-0.15, -0.1) is 0 Å². The molecule has 216 valence electrons. The number of hydrogen-bond acceptors (Lipinski definition) is 8. The number of amides is 1. The van der Waals surface area contributed by atoms with Gasteiger partial charge in [0, 0.05) is 18.7 Å². The van der Waals surface area contributed by atoms with Crippen molar-refractivity contribution in [3.63, 3.8) is 0 Å². The zero-order valence-electron chi connectivity index (χ0n) is 24.3. The van der Waals surface area contributed by atoms with Gasteiger partial charge in [-0.05, 0) is 74.1 Å². The van der Waals surface area contributed by atoms with Crippen LogP contribution in [0.2, 0.25) is 0 Å². The number of likely N-dealkylation sites (tertiary alicyclic amines) is 1. The number of nitrogens with zero attached hydrogens (tertiary/aromatic N) is 2. The van der Waals surface area contributed by atoms with Gasteiger partial charge >= 0.3 is 0 Å². The van der Waals surface area contributed by atoms with Gasteiger partial charge in [-0.3, -0.25) is 9.59 Å². The second-order valence-electron chi connectivity index (χ2n) is 9.99. The van der Waals surface area contributed by atoms with Crippen molar-refractivity contribution in [2.75, 3.05) is 48.5 Å². The summed E-state index contributed by atoms with van der Waals surface area (Å²) in [6, 6.07) is 17.3. The number of rotatable bonds is 11. The zero-order chi connectivity index (χ0) is 29.7. The van der Waals surface area contributed by atoms with Crippen LogP contribution in [0.25, 0.3) is 5.76 Å². The summed E-state index contributed by atoms with van der Waals surface area (Å²) in [4.78, 5) is 30.1. The first-order valence-corrected chi connectivity index (χ1v) is 13.2. The molecular weight excluding hydrogens is 524 g/mol. The molecule has 9 heteroatoms. The number of carbonyl (C=O) groups is 2. The van der Waals surface area contributed by atoms with Gasteiger partial charge in [-0.25, -0.2) is 0 Å². The molecule has 0 unspecified atom stereocenters. The predicted molar refractivity (Wildman–Crippen MR) is 156 cm³/mol. The van der Waals surface area contributed by atoms with Crippen LogP contribution < -0.4 is 18.9 Å². The number of ketones is 1. The average molecular weight is 561 g/mol. The highest BCUT2D eigenvalue weighted by molar-refractivity contribution is 6.46. The summed E-state index contributed by atoms with van der Waals surface area (Å²) in [6.45, 7) is 3.20. The van der Waals surface area contributed by atoms with Crippen molar-refractivity contribution in [3.05, 3.63) is 88.5 Å². The van der Waals surface area contributed by atoms with E-state index in [0.717, 1.165) is 11.1 Å². The molecule has 0 saturated carbocycles. The molecule has 1 aliphatic rings. The number of likely N-dealkylation sites (N-methyl/N-ethyl adjacent to an activating group) is 1. The predicted octanol–water partition coefficient (Wildman–Crippen LogP) is 4.58. The Morgan fingerprint density at radius 2 is 1.56 bits per heavy atom. The monoisotopic (exact) mass is 560 g/mol. The van der Waals surface area contributed by atoms with Crippen LogP contribution in [0.5, 0.6) is 23.0 Å². The number of aliphatic hydroxyl groups excluding tert-OH is 1. The fraction of sp³-hybridized carbons (Fsp3) is 0.312. The summed E-state index contributed by atoms with van der Waals surface area (Å²) < 4.78 is 22.4. The summed E-state index contributed by atoms with van der Waals surface area (Å²) in [6.07, 6.45) is 0. The number of benzene rings is 3. The average Bonchev–Trinajstić information content (AvgIpc) is 3.23. The van der Waals surface area contributed by atoms with E-state index in [4.69, 9.17) is 18.9 Å². The SMILES string of the molecule is COc1cc([C@H]2/C(=C(\O)c3ccc(OCc4ccccc4C)cc3)C(=O)C(=O)N2CCN(C)C)cc(OC)c1OC. The smallest absolute Gasteiger partial charge is 0.295 e. The van der Waals surface area contributed by atoms with Crippen molar-refractivity contribution in [1.29, 1.82) is 0 Å². The first-order chi connectivity index (χ1) is 19.7.